The standard InChI is InChI=1S/C23H33N3S/c1-19(2)23-9-6-18-27(23)17-4-3-12-25-13-15-26(16-14-25)22-8-5-7-21-20(22)10-11-24-21/h5-11,18-19,24,27H,3-4,12-17H2,1-2H3. The van der Waals surface area contributed by atoms with Crippen molar-refractivity contribution in [3.8, 4) is 0 Å². The molecule has 2 aromatic rings. The lowest BCUT2D eigenvalue weighted by Crippen LogP contribution is -2.46. The summed E-state index contributed by atoms with van der Waals surface area (Å²) in [5.74, 6) is 2.09. The van der Waals surface area contributed by atoms with E-state index in [0.717, 1.165) is 13.1 Å². The number of nitrogens with zero attached hydrogens (tertiary/aromatic N) is 2. The topological polar surface area (TPSA) is 22.3 Å². The highest BCUT2D eigenvalue weighted by atomic mass is 32.2. The van der Waals surface area contributed by atoms with Crippen molar-refractivity contribution < 1.29 is 0 Å². The Morgan fingerprint density at radius 3 is 2.74 bits per heavy atom. The van der Waals surface area contributed by atoms with E-state index < -0.39 is 0 Å². The van der Waals surface area contributed by atoms with E-state index in [1.807, 2.05) is 6.20 Å². The average Bonchev–Trinajstić information content (AvgIpc) is 3.34. The summed E-state index contributed by atoms with van der Waals surface area (Å²) >= 11 is 0. The largest absolute Gasteiger partial charge is 0.368 e. The number of unbranched alkanes of at least 4 members (excludes halogenated alkanes) is 1. The van der Waals surface area contributed by atoms with Crippen molar-refractivity contribution in [3.05, 3.63) is 52.9 Å². The number of thiol groups is 1. The van der Waals surface area contributed by atoms with Crippen LogP contribution in [0, 0.1) is 5.92 Å². The van der Waals surface area contributed by atoms with Crippen LogP contribution in [0.5, 0.6) is 0 Å². The number of rotatable bonds is 7. The molecule has 3 heterocycles. The molecule has 4 heteroatoms. The van der Waals surface area contributed by atoms with Gasteiger partial charge in [0.1, 0.15) is 0 Å². The third-order valence-electron chi connectivity index (χ3n) is 5.86. The van der Waals surface area contributed by atoms with Gasteiger partial charge >= 0.3 is 0 Å². The number of nitrogens with one attached hydrogen (secondary N) is 1. The fourth-order valence-corrected chi connectivity index (χ4v) is 6.71. The zero-order valence-electron chi connectivity index (χ0n) is 16.7. The number of piperazine rings is 1. The van der Waals surface area contributed by atoms with Gasteiger partial charge in [-0.15, -0.1) is 0 Å². The molecule has 0 bridgehead atoms. The summed E-state index contributed by atoms with van der Waals surface area (Å²) in [5.41, 5.74) is 2.63. The molecule has 0 aliphatic carbocycles. The highest BCUT2D eigenvalue weighted by Crippen LogP contribution is 2.45. The highest BCUT2D eigenvalue weighted by molar-refractivity contribution is 8.23. The van der Waals surface area contributed by atoms with Crippen molar-refractivity contribution in [1.29, 1.82) is 0 Å². The number of anilines is 1. The van der Waals surface area contributed by atoms with E-state index in [9.17, 15) is 0 Å². The summed E-state index contributed by atoms with van der Waals surface area (Å²) in [6, 6.07) is 8.80. The van der Waals surface area contributed by atoms with E-state index in [1.165, 1.54) is 54.8 Å². The molecule has 1 unspecified atom stereocenters. The maximum atomic E-state index is 3.33. The maximum Gasteiger partial charge on any atom is 0.0474 e. The van der Waals surface area contributed by atoms with Crippen molar-refractivity contribution >= 4 is 27.5 Å². The summed E-state index contributed by atoms with van der Waals surface area (Å²) in [6.45, 7) is 10.6. The Bertz CT molecular complexity index is 812. The normalized spacial score (nSPS) is 22.1. The van der Waals surface area contributed by atoms with Crippen molar-refractivity contribution in [2.75, 3.05) is 43.4 Å². The molecule has 2 aliphatic rings. The molecule has 0 radical (unpaired) electrons. The number of hydrogen-bond donors (Lipinski definition) is 2. The maximum absolute atomic E-state index is 3.33. The number of fused-ring (bicyclic) bond motifs is 1. The second kappa shape index (κ2) is 8.57. The number of H-pyrrole nitrogens is 1. The number of aromatic amines is 1. The Labute approximate surface area is 166 Å². The molecule has 4 rings (SSSR count). The van der Waals surface area contributed by atoms with Gasteiger partial charge in [-0.3, -0.25) is 4.90 Å². The first-order valence-corrected chi connectivity index (χ1v) is 12.0. The average molecular weight is 384 g/mol. The zero-order chi connectivity index (χ0) is 18.6. The molecule has 146 valence electrons. The smallest absolute Gasteiger partial charge is 0.0474 e. The van der Waals surface area contributed by atoms with Gasteiger partial charge in [-0.25, -0.2) is 10.9 Å². The van der Waals surface area contributed by atoms with Crippen LogP contribution >= 0.6 is 10.9 Å². The lowest BCUT2D eigenvalue weighted by molar-refractivity contribution is 0.254. The van der Waals surface area contributed by atoms with Gasteiger partial charge in [-0.2, -0.15) is 0 Å². The zero-order valence-corrected chi connectivity index (χ0v) is 17.6. The van der Waals surface area contributed by atoms with Crippen LogP contribution in [-0.4, -0.2) is 48.4 Å². The van der Waals surface area contributed by atoms with Crippen LogP contribution in [0.4, 0.5) is 5.69 Å². The van der Waals surface area contributed by atoms with Crippen molar-refractivity contribution in [3.63, 3.8) is 0 Å². The molecule has 1 saturated heterocycles. The molecule has 2 aliphatic heterocycles. The first kappa shape index (κ1) is 18.7. The van der Waals surface area contributed by atoms with E-state index in [-0.39, 0.29) is 10.9 Å². The molecule has 1 fully saturated rings. The summed E-state index contributed by atoms with van der Waals surface area (Å²) in [7, 11) is 0.0240. The minimum atomic E-state index is 0.0240. The summed E-state index contributed by atoms with van der Waals surface area (Å²) < 4.78 is 0. The van der Waals surface area contributed by atoms with Crippen LogP contribution in [0.3, 0.4) is 0 Å². The second-order valence-electron chi connectivity index (χ2n) is 8.03. The third-order valence-corrected chi connectivity index (χ3v) is 8.52. The molecule has 1 aromatic heterocycles. The fraction of sp³-hybridized carbons (Fsp3) is 0.478. The van der Waals surface area contributed by atoms with Gasteiger partial charge in [0.2, 0.25) is 0 Å². The Hall–Kier alpha value is -1.65. The predicted octanol–water partition coefficient (Wildman–Crippen LogP) is 5.14. The van der Waals surface area contributed by atoms with Gasteiger partial charge in [0, 0.05) is 49.0 Å². The van der Waals surface area contributed by atoms with Crippen LogP contribution in [-0.2, 0) is 0 Å². The van der Waals surface area contributed by atoms with Gasteiger partial charge in [-0.05, 0) is 59.6 Å². The predicted molar refractivity (Wildman–Crippen MR) is 122 cm³/mol. The van der Waals surface area contributed by atoms with E-state index in [2.05, 4.69) is 70.5 Å². The minimum Gasteiger partial charge on any atom is -0.368 e. The summed E-state index contributed by atoms with van der Waals surface area (Å²) in [6.07, 6.45) is 9.39. The SMILES string of the molecule is CC(C)C1=CC=C[SH]1CCCCN1CCN(c2cccc3[nH]ccc23)CC1. The van der Waals surface area contributed by atoms with Gasteiger partial charge in [0.25, 0.3) is 0 Å². The Morgan fingerprint density at radius 1 is 1.07 bits per heavy atom. The molecular weight excluding hydrogens is 350 g/mol. The lowest BCUT2D eigenvalue weighted by atomic mass is 10.1. The molecule has 27 heavy (non-hydrogen) atoms. The lowest BCUT2D eigenvalue weighted by Gasteiger charge is -2.36. The van der Waals surface area contributed by atoms with Gasteiger partial charge < -0.3 is 9.88 Å². The van der Waals surface area contributed by atoms with Crippen LogP contribution in [0.2, 0.25) is 0 Å². The van der Waals surface area contributed by atoms with Gasteiger partial charge in [0.15, 0.2) is 0 Å². The molecule has 0 spiro atoms. The number of hydrogen-bond acceptors (Lipinski definition) is 2. The van der Waals surface area contributed by atoms with Crippen molar-refractivity contribution in [2.24, 2.45) is 5.92 Å². The molecule has 1 aromatic carbocycles. The molecule has 1 N–H and O–H groups in total. The third kappa shape index (κ3) is 4.27. The van der Waals surface area contributed by atoms with E-state index in [1.54, 1.807) is 4.91 Å². The van der Waals surface area contributed by atoms with Gasteiger partial charge in [0.05, 0.1) is 0 Å². The van der Waals surface area contributed by atoms with Crippen molar-refractivity contribution in [2.45, 2.75) is 26.7 Å². The van der Waals surface area contributed by atoms with Crippen molar-refractivity contribution in [1.82, 2.24) is 9.88 Å². The minimum absolute atomic E-state index is 0.0240. The van der Waals surface area contributed by atoms with Crippen LogP contribution in [0.1, 0.15) is 26.7 Å². The Kier molecular flexibility index (Phi) is 5.94. The molecular formula is C23H33N3S. The molecule has 1 atom stereocenters. The summed E-state index contributed by atoms with van der Waals surface area (Å²) in [4.78, 5) is 10.2. The summed E-state index contributed by atoms with van der Waals surface area (Å²) in [5, 5.41) is 3.82. The number of aromatic nitrogens is 1. The Morgan fingerprint density at radius 2 is 1.93 bits per heavy atom. The number of allylic oxidation sites excluding steroid dienone is 3. The van der Waals surface area contributed by atoms with E-state index >= 15 is 0 Å². The van der Waals surface area contributed by atoms with E-state index in [0.29, 0.717) is 5.92 Å². The number of benzene rings is 1. The fourth-order valence-electron chi connectivity index (χ4n) is 4.33. The second-order valence-corrected chi connectivity index (χ2v) is 10.2. The first-order chi connectivity index (χ1) is 13.2. The molecule has 0 saturated carbocycles. The van der Waals surface area contributed by atoms with Crippen LogP contribution in [0.15, 0.2) is 52.9 Å². The first-order valence-electron chi connectivity index (χ1n) is 10.4. The quantitative estimate of drug-likeness (QED) is 0.511. The van der Waals surface area contributed by atoms with Crippen LogP contribution < -0.4 is 4.90 Å². The monoisotopic (exact) mass is 383 g/mol. The molecule has 3 nitrogen and oxygen atoms in total. The van der Waals surface area contributed by atoms with E-state index in [4.69, 9.17) is 0 Å². The highest BCUT2D eigenvalue weighted by Gasteiger charge is 2.19. The van der Waals surface area contributed by atoms with Crippen LogP contribution in [0.25, 0.3) is 10.9 Å². The molecule has 0 amide bonds. The Balaban J connectivity index is 1.21. The van der Waals surface area contributed by atoms with Gasteiger partial charge in [-0.1, -0.05) is 32.1 Å².